The molecule has 8 heteroatoms. The van der Waals surface area contributed by atoms with Crippen molar-refractivity contribution in [2.45, 2.75) is 11.0 Å². The number of rotatable bonds is 3. The Labute approximate surface area is 165 Å². The molecule has 0 saturated carbocycles. The molecule has 1 aliphatic rings. The highest BCUT2D eigenvalue weighted by Crippen LogP contribution is 2.43. The molecule has 4 nitrogen and oxygen atoms in total. The molecule has 1 saturated heterocycles. The molecule has 1 amide bonds. The molecule has 0 bridgehead atoms. The minimum atomic E-state index is -0.419. The molecule has 0 aliphatic carbocycles. The smallest absolute Gasteiger partial charge is 0.269 e. The summed E-state index contributed by atoms with van der Waals surface area (Å²) >= 11 is 8.94. The van der Waals surface area contributed by atoms with Crippen molar-refractivity contribution in [3.63, 3.8) is 0 Å². The van der Waals surface area contributed by atoms with Gasteiger partial charge in [0.25, 0.3) is 5.91 Å². The van der Waals surface area contributed by atoms with Gasteiger partial charge < -0.3 is 5.32 Å². The lowest BCUT2D eigenvalue weighted by Gasteiger charge is -2.21. The van der Waals surface area contributed by atoms with E-state index in [4.69, 9.17) is 12.2 Å². The molecular weight excluding hydrogens is 389 g/mol. The second-order valence-corrected chi connectivity index (χ2v) is 8.69. The first-order valence-corrected chi connectivity index (χ1v) is 10.6. The van der Waals surface area contributed by atoms with Crippen molar-refractivity contribution in [2.24, 2.45) is 0 Å². The Morgan fingerprint density at radius 2 is 1.73 bits per heavy atom. The van der Waals surface area contributed by atoms with Crippen LogP contribution in [0.25, 0.3) is 0 Å². The van der Waals surface area contributed by atoms with E-state index in [0.29, 0.717) is 10.1 Å². The van der Waals surface area contributed by atoms with Gasteiger partial charge in [-0.2, -0.15) is 0 Å². The van der Waals surface area contributed by atoms with Gasteiger partial charge in [-0.05, 0) is 60.0 Å². The Kier molecular flexibility index (Phi) is 6.76. The number of thioether (sulfide) groups is 2. The number of carbonyl (C=O) groups excluding carboxylic acids is 1. The van der Waals surface area contributed by atoms with Crippen LogP contribution in [0.2, 0.25) is 0 Å². The van der Waals surface area contributed by atoms with Crippen LogP contribution in [0.3, 0.4) is 0 Å². The van der Waals surface area contributed by atoms with Crippen LogP contribution in [0.4, 0.5) is 10.1 Å². The van der Waals surface area contributed by atoms with Crippen LogP contribution < -0.4 is 16.2 Å². The molecule has 0 aromatic heterocycles. The van der Waals surface area contributed by atoms with Gasteiger partial charge in [0.15, 0.2) is 5.11 Å². The fourth-order valence-electron chi connectivity index (χ4n) is 2.37. The summed E-state index contributed by atoms with van der Waals surface area (Å²) < 4.78 is 14.0. The minimum absolute atomic E-state index is 0.107. The molecule has 3 rings (SSSR count). The summed E-state index contributed by atoms with van der Waals surface area (Å²) in [4.78, 5) is 12.2. The van der Waals surface area contributed by atoms with Gasteiger partial charge in [-0.1, -0.05) is 24.3 Å². The normalized spacial score (nSPS) is 14.5. The molecule has 1 aliphatic heterocycles. The first-order valence-electron chi connectivity index (χ1n) is 8.08. The van der Waals surface area contributed by atoms with Crippen LogP contribution >= 0.6 is 35.7 Å². The van der Waals surface area contributed by atoms with Crippen molar-refractivity contribution in [3.8, 4) is 0 Å². The number of nitrogens with one attached hydrogen (secondary N) is 3. The summed E-state index contributed by atoms with van der Waals surface area (Å²) in [5.74, 6) is 1.63. The van der Waals surface area contributed by atoms with Crippen LogP contribution in [0.15, 0.2) is 48.5 Å². The number of halogens is 1. The Morgan fingerprint density at radius 3 is 2.42 bits per heavy atom. The van der Waals surface area contributed by atoms with Gasteiger partial charge in [0.1, 0.15) is 5.82 Å². The van der Waals surface area contributed by atoms with E-state index < -0.39 is 5.82 Å². The summed E-state index contributed by atoms with van der Waals surface area (Å²) in [6.45, 7) is 0. The zero-order valence-corrected chi connectivity index (χ0v) is 16.3. The largest absolute Gasteiger partial charge is 0.329 e. The predicted octanol–water partition coefficient (Wildman–Crippen LogP) is 4.33. The maximum absolute atomic E-state index is 13.6. The van der Waals surface area contributed by atoms with Crippen LogP contribution in [0.1, 0.15) is 26.9 Å². The summed E-state index contributed by atoms with van der Waals surface area (Å²) in [7, 11) is 0. The number of amides is 1. The van der Waals surface area contributed by atoms with Crippen LogP contribution in [0, 0.1) is 5.82 Å². The molecule has 1 heterocycles. The maximum atomic E-state index is 13.6. The Morgan fingerprint density at radius 1 is 1.04 bits per heavy atom. The van der Waals surface area contributed by atoms with Crippen LogP contribution in [-0.4, -0.2) is 22.5 Å². The quantitative estimate of drug-likeness (QED) is 0.520. The number of benzene rings is 2. The molecule has 136 valence electrons. The number of anilines is 1. The van der Waals surface area contributed by atoms with Crippen LogP contribution in [0.5, 0.6) is 0 Å². The fourth-order valence-corrected chi connectivity index (χ4v) is 5.43. The van der Waals surface area contributed by atoms with E-state index in [9.17, 15) is 9.18 Å². The standard InChI is InChI=1S/C18H18FN3OS3/c19-14-4-1-2-5-15(14)20-18(24)22-21-16(23)12-6-8-13(9-7-12)17-25-10-3-11-26-17/h1-2,4-9,17H,3,10-11H2,(H,21,23)(H2,20,22,24). The summed E-state index contributed by atoms with van der Waals surface area (Å²) in [5.41, 5.74) is 7.09. The van der Waals surface area contributed by atoms with Crippen molar-refractivity contribution >= 4 is 52.4 Å². The van der Waals surface area contributed by atoms with Gasteiger partial charge in [0.2, 0.25) is 0 Å². The van der Waals surface area contributed by atoms with E-state index >= 15 is 0 Å². The minimum Gasteiger partial charge on any atom is -0.329 e. The number of para-hydroxylation sites is 1. The van der Waals surface area contributed by atoms with Gasteiger partial charge in [-0.3, -0.25) is 15.6 Å². The highest BCUT2D eigenvalue weighted by molar-refractivity contribution is 8.16. The van der Waals surface area contributed by atoms with Crippen molar-refractivity contribution < 1.29 is 9.18 Å². The van der Waals surface area contributed by atoms with Gasteiger partial charge >= 0.3 is 0 Å². The Balaban J connectivity index is 1.51. The summed E-state index contributed by atoms with van der Waals surface area (Å²) in [5, 5.41) is 2.80. The third-order valence-electron chi connectivity index (χ3n) is 3.68. The van der Waals surface area contributed by atoms with Crippen molar-refractivity contribution in [1.29, 1.82) is 0 Å². The molecule has 0 unspecified atom stereocenters. The van der Waals surface area contributed by atoms with Crippen molar-refractivity contribution in [1.82, 2.24) is 10.9 Å². The zero-order chi connectivity index (χ0) is 18.4. The molecule has 0 atom stereocenters. The number of hydrogen-bond donors (Lipinski definition) is 3. The number of carbonyl (C=O) groups is 1. The lowest BCUT2D eigenvalue weighted by atomic mass is 10.1. The number of thiocarbonyl (C=S) groups is 1. The molecule has 2 aromatic rings. The fraction of sp³-hybridized carbons (Fsp3) is 0.222. The monoisotopic (exact) mass is 407 g/mol. The highest BCUT2D eigenvalue weighted by Gasteiger charge is 2.17. The van der Waals surface area contributed by atoms with E-state index in [-0.39, 0.29) is 16.7 Å². The maximum Gasteiger partial charge on any atom is 0.269 e. The average Bonchev–Trinajstić information content (AvgIpc) is 2.69. The molecule has 26 heavy (non-hydrogen) atoms. The first-order chi connectivity index (χ1) is 12.6. The Bertz CT molecular complexity index is 780. The van der Waals surface area contributed by atoms with E-state index in [0.717, 1.165) is 0 Å². The second kappa shape index (κ2) is 9.25. The molecule has 3 N–H and O–H groups in total. The van der Waals surface area contributed by atoms with E-state index in [1.807, 2.05) is 35.7 Å². The van der Waals surface area contributed by atoms with E-state index in [1.54, 1.807) is 30.3 Å². The topological polar surface area (TPSA) is 53.2 Å². The van der Waals surface area contributed by atoms with Crippen LogP contribution in [-0.2, 0) is 0 Å². The lowest BCUT2D eigenvalue weighted by molar-refractivity contribution is 0.0944. The van der Waals surface area contributed by atoms with Gasteiger partial charge in [-0.25, -0.2) is 4.39 Å². The SMILES string of the molecule is O=C(NNC(=S)Nc1ccccc1F)c1ccc(C2SCCCS2)cc1. The number of hydrogen-bond acceptors (Lipinski definition) is 4. The number of hydrazine groups is 1. The summed E-state index contributed by atoms with van der Waals surface area (Å²) in [6.07, 6.45) is 1.25. The first kappa shape index (κ1) is 19.0. The highest BCUT2D eigenvalue weighted by atomic mass is 32.2. The molecular formula is C18H18FN3OS3. The van der Waals surface area contributed by atoms with Crippen molar-refractivity contribution in [3.05, 3.63) is 65.5 Å². The van der Waals surface area contributed by atoms with Gasteiger partial charge in [-0.15, -0.1) is 23.5 Å². The molecule has 0 spiro atoms. The second-order valence-electron chi connectivity index (χ2n) is 5.56. The zero-order valence-electron chi connectivity index (χ0n) is 13.8. The Hall–Kier alpha value is -1.77. The van der Waals surface area contributed by atoms with Gasteiger partial charge in [0.05, 0.1) is 10.3 Å². The summed E-state index contributed by atoms with van der Waals surface area (Å²) in [6, 6.07) is 13.7. The average molecular weight is 408 g/mol. The molecule has 2 aromatic carbocycles. The van der Waals surface area contributed by atoms with E-state index in [1.165, 1.54) is 29.6 Å². The lowest BCUT2D eigenvalue weighted by Crippen LogP contribution is -2.43. The van der Waals surface area contributed by atoms with Gasteiger partial charge in [0, 0.05) is 5.56 Å². The predicted molar refractivity (Wildman–Crippen MR) is 112 cm³/mol. The molecule has 1 fully saturated rings. The van der Waals surface area contributed by atoms with Crippen molar-refractivity contribution in [2.75, 3.05) is 16.8 Å². The third-order valence-corrected chi connectivity index (χ3v) is 6.90. The third kappa shape index (κ3) is 5.12. The molecule has 0 radical (unpaired) electrons. The van der Waals surface area contributed by atoms with E-state index in [2.05, 4.69) is 16.2 Å².